The number of benzene rings is 4. The number of rotatable bonds is 21. The van der Waals surface area contributed by atoms with Crippen LogP contribution in [0.2, 0.25) is 0 Å². The SMILES string of the molecule is CCCc1c(OCCCNc2ccc(CC(=O)OC)cc2/C=C/C(=O)OC)ccc2c(C(F)(F)F)noc12.CCCc1c(OCCCn2c(=O)ccc3cc(CC(=O)OC)ccc32)ccc2c(C(F)(F)F)noc12.CO. The number of ether oxygens (including phenoxy) is 5. The number of carbonyl (C=O) groups is 3. The molecule has 0 radical (unpaired) electrons. The number of aliphatic hydroxyl groups is 1. The fourth-order valence-corrected chi connectivity index (χ4v) is 8.04. The van der Waals surface area contributed by atoms with Crippen molar-refractivity contribution in [2.75, 3.05) is 53.5 Å². The summed E-state index contributed by atoms with van der Waals surface area (Å²) in [6, 6.07) is 19.6. The molecule has 76 heavy (non-hydrogen) atoms. The number of alkyl halides is 6. The fraction of sp³-hybridized carbons (Fsp3) is 0.370. The third kappa shape index (κ3) is 15.4. The van der Waals surface area contributed by atoms with Crippen LogP contribution in [0.5, 0.6) is 11.5 Å². The first kappa shape index (κ1) is 59.0. The summed E-state index contributed by atoms with van der Waals surface area (Å²) < 4.78 is 117. The van der Waals surface area contributed by atoms with E-state index in [-0.39, 0.29) is 58.9 Å². The lowest BCUT2D eigenvalue weighted by atomic mass is 10.0. The van der Waals surface area contributed by atoms with Crippen LogP contribution in [0.3, 0.4) is 0 Å². The third-order valence-corrected chi connectivity index (χ3v) is 11.5. The van der Waals surface area contributed by atoms with E-state index >= 15 is 0 Å². The number of aromatic nitrogens is 3. The molecule has 0 aliphatic heterocycles. The Labute approximate surface area is 432 Å². The highest BCUT2D eigenvalue weighted by atomic mass is 19.4. The monoisotopic (exact) mass is 1070 g/mol. The summed E-state index contributed by atoms with van der Waals surface area (Å²) in [4.78, 5) is 47.3. The zero-order valence-electron chi connectivity index (χ0n) is 42.6. The molecule has 0 saturated heterocycles. The smallest absolute Gasteiger partial charge is 0.437 e. The van der Waals surface area contributed by atoms with Crippen molar-refractivity contribution in [3.63, 3.8) is 0 Å². The van der Waals surface area contributed by atoms with Gasteiger partial charge in [0.2, 0.25) is 0 Å². The van der Waals surface area contributed by atoms with E-state index in [0.717, 1.165) is 34.8 Å². The van der Waals surface area contributed by atoms with Crippen LogP contribution in [-0.4, -0.2) is 86.1 Å². The lowest BCUT2D eigenvalue weighted by molar-refractivity contribution is -0.142. The fourth-order valence-electron chi connectivity index (χ4n) is 8.04. The van der Waals surface area contributed by atoms with Gasteiger partial charge in [-0.05, 0) is 108 Å². The van der Waals surface area contributed by atoms with E-state index in [1.54, 1.807) is 47.0 Å². The van der Waals surface area contributed by atoms with Crippen molar-refractivity contribution in [3.8, 4) is 11.5 Å². The molecule has 4 aromatic carbocycles. The molecule has 408 valence electrons. The highest BCUT2D eigenvalue weighted by Crippen LogP contribution is 2.40. The van der Waals surface area contributed by atoms with Gasteiger partial charge in [-0.1, -0.05) is 49.1 Å². The number of methoxy groups -OCH3 is 3. The van der Waals surface area contributed by atoms with Crippen molar-refractivity contribution >= 4 is 62.5 Å². The summed E-state index contributed by atoms with van der Waals surface area (Å²) in [5.41, 5.74) is 2.63. The van der Waals surface area contributed by atoms with Crippen molar-refractivity contribution < 1.29 is 78.6 Å². The number of halogens is 6. The van der Waals surface area contributed by atoms with E-state index in [9.17, 15) is 45.5 Å². The molecular weight excluding hydrogens is 1010 g/mol. The lowest BCUT2D eigenvalue weighted by Gasteiger charge is -2.14. The molecular formula is C54H58F6N4O12. The highest BCUT2D eigenvalue weighted by Gasteiger charge is 2.39. The molecule has 7 rings (SSSR count). The Morgan fingerprint density at radius 1 is 0.684 bits per heavy atom. The van der Waals surface area contributed by atoms with E-state index in [1.807, 2.05) is 19.9 Å². The van der Waals surface area contributed by atoms with Gasteiger partial charge in [-0.2, -0.15) is 26.3 Å². The van der Waals surface area contributed by atoms with Gasteiger partial charge in [0.1, 0.15) is 11.5 Å². The maximum absolute atomic E-state index is 13.2. The van der Waals surface area contributed by atoms with Crippen molar-refractivity contribution in [3.05, 3.63) is 128 Å². The maximum atomic E-state index is 13.2. The molecule has 0 bridgehead atoms. The van der Waals surface area contributed by atoms with Crippen LogP contribution < -0.4 is 20.3 Å². The standard InChI is InChI=1S/C27H29F3N2O6.C26H25F3N2O5.CH4O/c1-4-6-19-22(11-9-20-25(19)38-32-26(20)27(28,29)30)37-14-5-13-31-21-10-7-17(16-24(34)36-3)15-18(21)8-12-23(33)35-2;1-3-5-18-21(10-8-19-24(18)36-30-25(19)26(27,28)29)35-13-4-12-31-20-9-6-16(15-23(33)34-2)14-17(20)7-11-22(31)32;1-2/h7-12,15,31H,4-6,13-14,16H2,1-3H3;6-11,14H,3-5,12-13,15H2,1-2H3;2H,1H3/b12-8+;;. The quantitative estimate of drug-likeness (QED) is 0.0226. The minimum atomic E-state index is -4.61. The molecule has 0 saturated carbocycles. The summed E-state index contributed by atoms with van der Waals surface area (Å²) in [6.45, 7) is 5.23. The number of nitrogens with one attached hydrogen (secondary N) is 1. The molecule has 0 atom stereocenters. The molecule has 0 aliphatic rings. The Hall–Kier alpha value is -7.88. The summed E-state index contributed by atoms with van der Waals surface area (Å²) in [5.74, 6) is -0.353. The van der Waals surface area contributed by atoms with Crippen LogP contribution in [0.4, 0.5) is 32.0 Å². The van der Waals surface area contributed by atoms with Crippen molar-refractivity contribution in [2.45, 2.75) is 84.1 Å². The van der Waals surface area contributed by atoms with Gasteiger partial charge in [0, 0.05) is 49.2 Å². The first-order valence-corrected chi connectivity index (χ1v) is 24.0. The topological polar surface area (TPSA) is 204 Å². The zero-order valence-corrected chi connectivity index (χ0v) is 42.6. The van der Waals surface area contributed by atoms with Crippen LogP contribution in [0, 0.1) is 0 Å². The molecule has 22 heteroatoms. The second kappa shape index (κ2) is 27.6. The number of hydrogen-bond acceptors (Lipinski definition) is 15. The van der Waals surface area contributed by atoms with Crippen LogP contribution in [0.25, 0.3) is 38.9 Å². The molecule has 16 nitrogen and oxygen atoms in total. The zero-order chi connectivity index (χ0) is 55.6. The first-order chi connectivity index (χ1) is 36.4. The number of aryl methyl sites for hydroxylation is 3. The Kier molecular flexibility index (Phi) is 21.4. The van der Waals surface area contributed by atoms with Gasteiger partial charge < -0.3 is 47.7 Å². The number of aliphatic hydroxyl groups excluding tert-OH is 1. The number of esters is 3. The lowest BCUT2D eigenvalue weighted by Crippen LogP contribution is -2.20. The average molecular weight is 1070 g/mol. The number of fused-ring (bicyclic) bond motifs is 3. The van der Waals surface area contributed by atoms with Gasteiger partial charge in [0.15, 0.2) is 22.6 Å². The Morgan fingerprint density at radius 3 is 1.72 bits per heavy atom. The Morgan fingerprint density at radius 2 is 1.21 bits per heavy atom. The second-order valence-corrected chi connectivity index (χ2v) is 16.7. The van der Waals surface area contributed by atoms with Crippen molar-refractivity contribution in [2.24, 2.45) is 0 Å². The van der Waals surface area contributed by atoms with Crippen LogP contribution in [0.15, 0.2) is 92.7 Å². The van der Waals surface area contributed by atoms with Gasteiger partial charge in [0.05, 0.1) is 63.7 Å². The van der Waals surface area contributed by atoms with E-state index in [1.165, 1.54) is 57.7 Å². The minimum absolute atomic E-state index is 0.0784. The molecule has 0 fully saturated rings. The average Bonchev–Trinajstić information content (AvgIpc) is 4.06. The molecule has 2 N–H and O–H groups in total. The molecule has 3 heterocycles. The molecule has 3 aromatic heterocycles. The van der Waals surface area contributed by atoms with Gasteiger partial charge in [-0.3, -0.25) is 14.4 Å². The van der Waals surface area contributed by atoms with Gasteiger partial charge in [-0.25, -0.2) is 4.79 Å². The highest BCUT2D eigenvalue weighted by molar-refractivity contribution is 5.89. The van der Waals surface area contributed by atoms with E-state index in [2.05, 4.69) is 20.4 Å². The number of nitrogens with zero attached hydrogens (tertiary/aromatic N) is 3. The first-order valence-electron chi connectivity index (χ1n) is 24.0. The van der Waals surface area contributed by atoms with Crippen LogP contribution in [-0.2, 0) is 73.2 Å². The van der Waals surface area contributed by atoms with Gasteiger partial charge in [-0.15, -0.1) is 0 Å². The van der Waals surface area contributed by atoms with Crippen molar-refractivity contribution in [1.82, 2.24) is 14.9 Å². The number of pyridine rings is 1. The predicted octanol–water partition coefficient (Wildman–Crippen LogP) is 10.5. The van der Waals surface area contributed by atoms with E-state index in [0.29, 0.717) is 86.4 Å². The van der Waals surface area contributed by atoms with Crippen LogP contribution in [0.1, 0.15) is 78.7 Å². The molecule has 0 aliphatic carbocycles. The molecule has 7 aromatic rings. The predicted molar refractivity (Wildman–Crippen MR) is 270 cm³/mol. The molecule has 0 amide bonds. The van der Waals surface area contributed by atoms with Crippen LogP contribution >= 0.6 is 0 Å². The summed E-state index contributed by atoms with van der Waals surface area (Å²) in [6.07, 6.45) is -2.75. The summed E-state index contributed by atoms with van der Waals surface area (Å²) in [7, 11) is 4.92. The van der Waals surface area contributed by atoms with Gasteiger partial charge >= 0.3 is 30.3 Å². The minimum Gasteiger partial charge on any atom is -0.493 e. The number of anilines is 1. The molecule has 0 unspecified atom stereocenters. The largest absolute Gasteiger partial charge is 0.493 e. The third-order valence-electron chi connectivity index (χ3n) is 11.5. The van der Waals surface area contributed by atoms with E-state index < -0.39 is 29.7 Å². The normalized spacial score (nSPS) is 11.5. The van der Waals surface area contributed by atoms with E-state index in [4.69, 9.17) is 33.1 Å². The molecule has 0 spiro atoms. The Bertz CT molecular complexity index is 3180. The summed E-state index contributed by atoms with van der Waals surface area (Å²) >= 11 is 0. The Balaban J connectivity index is 0.000000272. The number of hydrogen-bond donors (Lipinski definition) is 2. The van der Waals surface area contributed by atoms with Gasteiger partial charge in [0.25, 0.3) is 5.56 Å². The summed E-state index contributed by atoms with van der Waals surface area (Å²) in [5, 5.41) is 17.4. The second-order valence-electron chi connectivity index (χ2n) is 16.7. The number of carbonyl (C=O) groups excluding carboxylic acids is 3. The van der Waals surface area contributed by atoms with Crippen molar-refractivity contribution in [1.29, 1.82) is 0 Å². The maximum Gasteiger partial charge on any atom is 0.437 e.